The van der Waals surface area contributed by atoms with Gasteiger partial charge in [0.25, 0.3) is 0 Å². The maximum Gasteiger partial charge on any atom is 0.434 e. The van der Waals surface area contributed by atoms with Crippen LogP contribution in [0.3, 0.4) is 0 Å². The van der Waals surface area contributed by atoms with Gasteiger partial charge >= 0.3 is 6.18 Å². The Morgan fingerprint density at radius 2 is 2.07 bits per heavy atom. The molecule has 1 aliphatic rings. The summed E-state index contributed by atoms with van der Waals surface area (Å²) in [4.78, 5) is 21.8. The summed E-state index contributed by atoms with van der Waals surface area (Å²) in [5.41, 5.74) is 0.319. The molecule has 6 nitrogen and oxygen atoms in total. The van der Waals surface area contributed by atoms with Crippen molar-refractivity contribution in [3.8, 4) is 0 Å². The zero-order chi connectivity index (χ0) is 21.6. The average molecular weight is 440 g/mol. The Morgan fingerprint density at radius 3 is 2.73 bits per heavy atom. The average Bonchev–Trinajstić information content (AvgIpc) is 3.34. The second-order valence-electron chi connectivity index (χ2n) is 7.08. The molecular formula is C20H24F3N5OS. The lowest BCUT2D eigenvalue weighted by atomic mass is 10.1. The van der Waals surface area contributed by atoms with Gasteiger partial charge in [0.1, 0.15) is 5.01 Å². The number of aromatic nitrogens is 1. The second-order valence-corrected chi connectivity index (χ2v) is 8.02. The highest BCUT2D eigenvalue weighted by atomic mass is 32.1. The van der Waals surface area contributed by atoms with Crippen molar-refractivity contribution in [3.05, 3.63) is 52.0 Å². The fourth-order valence-electron chi connectivity index (χ4n) is 3.26. The molecule has 2 aromatic rings. The van der Waals surface area contributed by atoms with E-state index < -0.39 is 11.9 Å². The van der Waals surface area contributed by atoms with Crippen LogP contribution in [0.2, 0.25) is 0 Å². The molecule has 0 bridgehead atoms. The van der Waals surface area contributed by atoms with Crippen molar-refractivity contribution in [1.82, 2.24) is 20.5 Å². The van der Waals surface area contributed by atoms with Crippen LogP contribution in [-0.2, 0) is 23.9 Å². The lowest BCUT2D eigenvalue weighted by Crippen LogP contribution is -2.40. The molecule has 1 aromatic heterocycles. The summed E-state index contributed by atoms with van der Waals surface area (Å²) < 4.78 is 37.9. The van der Waals surface area contributed by atoms with Gasteiger partial charge in [0.05, 0.1) is 6.54 Å². The van der Waals surface area contributed by atoms with E-state index in [0.717, 1.165) is 23.1 Å². The van der Waals surface area contributed by atoms with Gasteiger partial charge in [-0.3, -0.25) is 9.79 Å². The third-order valence-corrected chi connectivity index (χ3v) is 5.69. The van der Waals surface area contributed by atoms with Gasteiger partial charge in [-0.25, -0.2) is 4.98 Å². The molecule has 2 N–H and O–H groups in total. The number of halogens is 3. The van der Waals surface area contributed by atoms with Crippen molar-refractivity contribution >= 4 is 23.2 Å². The normalized spacial score (nSPS) is 17.5. The lowest BCUT2D eigenvalue weighted by molar-refractivity contribution is -0.140. The maximum absolute atomic E-state index is 12.6. The molecule has 2 heterocycles. The number of aliphatic imine (C=N–C) groups is 1. The summed E-state index contributed by atoms with van der Waals surface area (Å²) in [6.07, 6.45) is -3.14. The van der Waals surface area contributed by atoms with Crippen molar-refractivity contribution in [2.45, 2.75) is 25.6 Å². The van der Waals surface area contributed by atoms with Crippen LogP contribution >= 0.6 is 11.3 Å². The predicted molar refractivity (Wildman–Crippen MR) is 110 cm³/mol. The first-order chi connectivity index (χ1) is 14.3. The summed E-state index contributed by atoms with van der Waals surface area (Å²) in [5, 5.41) is 7.44. The minimum atomic E-state index is -4.43. The van der Waals surface area contributed by atoms with E-state index in [2.05, 4.69) is 32.7 Å². The van der Waals surface area contributed by atoms with Crippen LogP contribution in [0, 0.1) is 5.92 Å². The number of nitrogens with one attached hydrogen (secondary N) is 2. The standard InChI is InChI=1S/C20H24F3N5OS/c1-24-19(26-11-17-27-16(13-30-17)20(21,22)23)25-10-15-9-18(29)28(12-15)8-7-14-5-3-2-4-6-14/h2-6,13,15H,7-12H2,1H3,(H2,24,25,26). The summed E-state index contributed by atoms with van der Waals surface area (Å²) >= 11 is 0.949. The van der Waals surface area contributed by atoms with E-state index in [1.54, 1.807) is 7.05 Å². The molecule has 1 fully saturated rings. The number of likely N-dealkylation sites (tertiary alicyclic amines) is 1. The number of rotatable bonds is 7. The van der Waals surface area contributed by atoms with Crippen LogP contribution in [-0.4, -0.2) is 48.4 Å². The Morgan fingerprint density at radius 1 is 1.30 bits per heavy atom. The minimum absolute atomic E-state index is 0.142. The number of carbonyl (C=O) groups excluding carboxylic acids is 1. The van der Waals surface area contributed by atoms with Crippen LogP contribution in [0.5, 0.6) is 0 Å². The van der Waals surface area contributed by atoms with Gasteiger partial charge in [-0.05, 0) is 12.0 Å². The summed E-state index contributed by atoms with van der Waals surface area (Å²) in [7, 11) is 1.59. The van der Waals surface area contributed by atoms with Crippen molar-refractivity contribution in [1.29, 1.82) is 0 Å². The molecule has 162 valence electrons. The van der Waals surface area contributed by atoms with E-state index in [-0.39, 0.29) is 18.4 Å². The molecule has 3 rings (SSSR count). The Labute approximate surface area is 177 Å². The van der Waals surface area contributed by atoms with Crippen LogP contribution in [0.1, 0.15) is 22.7 Å². The molecule has 0 spiro atoms. The number of nitrogens with zero attached hydrogens (tertiary/aromatic N) is 3. The molecule has 1 amide bonds. The van der Waals surface area contributed by atoms with E-state index in [9.17, 15) is 18.0 Å². The molecule has 1 aliphatic heterocycles. The number of benzene rings is 1. The molecule has 0 radical (unpaired) electrons. The SMILES string of the molecule is CN=C(NCc1nc(C(F)(F)F)cs1)NCC1CC(=O)N(CCc2ccccc2)C1. The van der Waals surface area contributed by atoms with Crippen LogP contribution in [0.4, 0.5) is 13.2 Å². The Balaban J connectivity index is 1.41. The highest BCUT2D eigenvalue weighted by Gasteiger charge is 2.33. The topological polar surface area (TPSA) is 69.6 Å². The zero-order valence-corrected chi connectivity index (χ0v) is 17.4. The van der Waals surface area contributed by atoms with Crippen molar-refractivity contribution in [2.75, 3.05) is 26.7 Å². The summed E-state index contributed by atoms with van der Waals surface area (Å²) in [6.45, 7) is 2.07. The van der Waals surface area contributed by atoms with Gasteiger partial charge in [-0.1, -0.05) is 30.3 Å². The summed E-state index contributed by atoms with van der Waals surface area (Å²) in [6, 6.07) is 10.0. The largest absolute Gasteiger partial charge is 0.434 e. The van der Waals surface area contributed by atoms with Crippen molar-refractivity contribution in [3.63, 3.8) is 0 Å². The smallest absolute Gasteiger partial charge is 0.356 e. The third kappa shape index (κ3) is 6.19. The number of guanidine groups is 1. The maximum atomic E-state index is 12.6. The van der Waals surface area contributed by atoms with Gasteiger partial charge in [0, 0.05) is 44.4 Å². The first kappa shape index (κ1) is 22.1. The molecular weight excluding hydrogens is 415 g/mol. The number of alkyl halides is 3. The number of carbonyl (C=O) groups is 1. The third-order valence-electron chi connectivity index (χ3n) is 4.84. The number of amides is 1. The van der Waals surface area contributed by atoms with Crippen LogP contribution in [0.15, 0.2) is 40.7 Å². The van der Waals surface area contributed by atoms with Crippen molar-refractivity contribution in [2.24, 2.45) is 10.9 Å². The van der Waals surface area contributed by atoms with Crippen LogP contribution < -0.4 is 10.6 Å². The van der Waals surface area contributed by atoms with Gasteiger partial charge in [-0.15, -0.1) is 11.3 Å². The van der Waals surface area contributed by atoms with E-state index in [4.69, 9.17) is 0 Å². The minimum Gasteiger partial charge on any atom is -0.356 e. The number of hydrogen-bond acceptors (Lipinski definition) is 4. The monoisotopic (exact) mass is 439 g/mol. The molecule has 1 atom stereocenters. The predicted octanol–water partition coefficient (Wildman–Crippen LogP) is 2.92. The Kier molecular flexibility index (Phi) is 7.30. The molecule has 10 heteroatoms. The Hall–Kier alpha value is -2.62. The highest BCUT2D eigenvalue weighted by Crippen LogP contribution is 2.29. The quantitative estimate of drug-likeness (QED) is 0.514. The number of hydrogen-bond donors (Lipinski definition) is 2. The van der Waals surface area contributed by atoms with Gasteiger partial charge in [0.2, 0.25) is 5.91 Å². The fourth-order valence-corrected chi connectivity index (χ4v) is 4.00. The molecule has 0 saturated carbocycles. The van der Waals surface area contributed by atoms with E-state index in [1.807, 2.05) is 23.1 Å². The summed E-state index contributed by atoms with van der Waals surface area (Å²) in [5.74, 6) is 0.764. The first-order valence-electron chi connectivity index (χ1n) is 9.63. The van der Waals surface area contributed by atoms with E-state index >= 15 is 0 Å². The van der Waals surface area contributed by atoms with E-state index in [1.165, 1.54) is 5.56 Å². The first-order valence-corrected chi connectivity index (χ1v) is 10.5. The molecule has 1 aromatic carbocycles. The highest BCUT2D eigenvalue weighted by molar-refractivity contribution is 7.09. The lowest BCUT2D eigenvalue weighted by Gasteiger charge is -2.17. The number of thiazole rings is 1. The van der Waals surface area contributed by atoms with Gasteiger partial charge < -0.3 is 15.5 Å². The second kappa shape index (κ2) is 9.92. The van der Waals surface area contributed by atoms with E-state index in [0.29, 0.717) is 37.0 Å². The molecule has 30 heavy (non-hydrogen) atoms. The molecule has 0 aliphatic carbocycles. The van der Waals surface area contributed by atoms with Gasteiger partial charge in [0.15, 0.2) is 11.7 Å². The van der Waals surface area contributed by atoms with Crippen LogP contribution in [0.25, 0.3) is 0 Å². The van der Waals surface area contributed by atoms with Crippen molar-refractivity contribution < 1.29 is 18.0 Å². The zero-order valence-electron chi connectivity index (χ0n) is 16.6. The molecule has 1 saturated heterocycles. The Bertz CT molecular complexity index is 869. The fraction of sp³-hybridized carbons (Fsp3) is 0.450. The van der Waals surface area contributed by atoms with Gasteiger partial charge in [-0.2, -0.15) is 13.2 Å². The molecule has 1 unspecified atom stereocenters.